The van der Waals surface area contributed by atoms with Crippen LogP contribution in [0.3, 0.4) is 0 Å². The molecule has 116 valence electrons. The lowest BCUT2D eigenvalue weighted by Gasteiger charge is -2.28. The Labute approximate surface area is 129 Å². The van der Waals surface area contributed by atoms with E-state index < -0.39 is 17.8 Å². The fourth-order valence-corrected chi connectivity index (χ4v) is 3.57. The summed E-state index contributed by atoms with van der Waals surface area (Å²) in [5.74, 6) is -2.26. The van der Waals surface area contributed by atoms with E-state index in [9.17, 15) is 14.7 Å². The van der Waals surface area contributed by atoms with Crippen LogP contribution in [0, 0.1) is 23.7 Å². The molecule has 1 saturated carbocycles. The van der Waals surface area contributed by atoms with Gasteiger partial charge in [-0.1, -0.05) is 24.3 Å². The minimum Gasteiger partial charge on any atom is -0.550 e. The number of para-hydroxylation sites is 2. The van der Waals surface area contributed by atoms with Crippen molar-refractivity contribution in [2.45, 2.75) is 13.3 Å². The summed E-state index contributed by atoms with van der Waals surface area (Å²) in [5, 5.41) is 14.2. The second kappa shape index (κ2) is 5.83. The number of fused-ring (bicyclic) bond motifs is 2. The normalized spacial score (nSPS) is 28.6. The zero-order chi connectivity index (χ0) is 15.7. The molecular weight excluding hydrogens is 282 g/mol. The van der Waals surface area contributed by atoms with Crippen molar-refractivity contribution in [2.75, 3.05) is 11.9 Å². The summed E-state index contributed by atoms with van der Waals surface area (Å²) in [4.78, 5) is 24.0. The fourth-order valence-electron chi connectivity index (χ4n) is 3.57. The molecule has 22 heavy (non-hydrogen) atoms. The Hall–Kier alpha value is -2.30. The summed E-state index contributed by atoms with van der Waals surface area (Å²) in [6.07, 6.45) is 4.55. The Morgan fingerprint density at radius 1 is 1.23 bits per heavy atom. The van der Waals surface area contributed by atoms with Crippen LogP contribution in [0.2, 0.25) is 0 Å². The number of carboxylic acids is 1. The number of amides is 1. The molecular formula is C17H18NO4-. The zero-order valence-electron chi connectivity index (χ0n) is 12.3. The van der Waals surface area contributed by atoms with Crippen molar-refractivity contribution in [3.05, 3.63) is 36.4 Å². The van der Waals surface area contributed by atoms with Gasteiger partial charge in [0.15, 0.2) is 0 Å². The molecule has 0 aromatic heterocycles. The molecule has 0 saturated heterocycles. The minimum atomic E-state index is -1.14. The number of nitrogens with one attached hydrogen (secondary N) is 1. The van der Waals surface area contributed by atoms with Crippen LogP contribution in [-0.2, 0) is 9.59 Å². The lowest BCUT2D eigenvalue weighted by atomic mass is 9.82. The molecule has 2 aliphatic rings. The lowest BCUT2D eigenvalue weighted by Crippen LogP contribution is -2.42. The maximum atomic E-state index is 12.6. The summed E-state index contributed by atoms with van der Waals surface area (Å²) in [5.41, 5.74) is 0.568. The third-order valence-electron chi connectivity index (χ3n) is 4.48. The SMILES string of the molecule is CCOc1ccccc1NC(=O)[C@@H]1[C@@H](C(=O)[O-])[C@H]2C=C[C@@H]1C2. The van der Waals surface area contributed by atoms with Gasteiger partial charge >= 0.3 is 0 Å². The van der Waals surface area contributed by atoms with Crippen molar-refractivity contribution in [2.24, 2.45) is 23.7 Å². The number of aliphatic carboxylic acids is 1. The monoisotopic (exact) mass is 300 g/mol. The molecule has 3 rings (SSSR count). The lowest BCUT2D eigenvalue weighted by molar-refractivity contribution is -0.313. The maximum absolute atomic E-state index is 12.6. The molecule has 5 heteroatoms. The molecule has 1 aromatic carbocycles. The largest absolute Gasteiger partial charge is 0.550 e. The van der Waals surface area contributed by atoms with Crippen LogP contribution in [0.1, 0.15) is 13.3 Å². The maximum Gasteiger partial charge on any atom is 0.228 e. The van der Waals surface area contributed by atoms with Gasteiger partial charge in [0, 0.05) is 11.9 Å². The van der Waals surface area contributed by atoms with Gasteiger partial charge in [-0.2, -0.15) is 0 Å². The number of anilines is 1. The first-order chi connectivity index (χ1) is 10.6. The van der Waals surface area contributed by atoms with E-state index in [0.717, 1.165) is 0 Å². The third-order valence-corrected chi connectivity index (χ3v) is 4.48. The average molecular weight is 300 g/mol. The predicted octanol–water partition coefficient (Wildman–Crippen LogP) is 1.21. The van der Waals surface area contributed by atoms with Gasteiger partial charge in [-0.15, -0.1) is 0 Å². The van der Waals surface area contributed by atoms with Crippen LogP contribution in [0.15, 0.2) is 36.4 Å². The average Bonchev–Trinajstić information content (AvgIpc) is 3.10. The topological polar surface area (TPSA) is 78.5 Å². The summed E-state index contributed by atoms with van der Waals surface area (Å²) < 4.78 is 5.48. The highest BCUT2D eigenvalue weighted by Gasteiger charge is 2.48. The van der Waals surface area contributed by atoms with Gasteiger partial charge in [0.25, 0.3) is 0 Å². The molecule has 1 fully saturated rings. The third kappa shape index (κ3) is 2.47. The van der Waals surface area contributed by atoms with Gasteiger partial charge in [-0.25, -0.2) is 0 Å². The molecule has 2 bridgehead atoms. The molecule has 0 unspecified atom stereocenters. The smallest absolute Gasteiger partial charge is 0.228 e. The first-order valence-electron chi connectivity index (χ1n) is 7.53. The molecule has 0 aliphatic heterocycles. The molecule has 1 N–H and O–H groups in total. The quantitative estimate of drug-likeness (QED) is 0.829. The van der Waals surface area contributed by atoms with E-state index in [1.54, 1.807) is 18.2 Å². The highest BCUT2D eigenvalue weighted by molar-refractivity contribution is 5.97. The molecule has 1 aromatic rings. The molecule has 5 nitrogen and oxygen atoms in total. The van der Waals surface area contributed by atoms with E-state index >= 15 is 0 Å². The molecule has 2 aliphatic carbocycles. The van der Waals surface area contributed by atoms with Crippen molar-refractivity contribution in [1.82, 2.24) is 0 Å². The van der Waals surface area contributed by atoms with Gasteiger partial charge < -0.3 is 20.0 Å². The van der Waals surface area contributed by atoms with E-state index in [1.807, 2.05) is 25.1 Å². The van der Waals surface area contributed by atoms with Gasteiger partial charge in [-0.3, -0.25) is 4.79 Å². The Morgan fingerprint density at radius 2 is 1.91 bits per heavy atom. The van der Waals surface area contributed by atoms with Crippen LogP contribution < -0.4 is 15.2 Å². The molecule has 1 amide bonds. The first kappa shape index (κ1) is 14.6. The van der Waals surface area contributed by atoms with Crippen LogP contribution in [0.5, 0.6) is 5.75 Å². The highest BCUT2D eigenvalue weighted by atomic mass is 16.5. The molecule has 0 heterocycles. The number of allylic oxidation sites excluding steroid dienone is 2. The van der Waals surface area contributed by atoms with Crippen molar-refractivity contribution in [3.63, 3.8) is 0 Å². The Bertz CT molecular complexity index is 625. The van der Waals surface area contributed by atoms with Gasteiger partial charge in [0.1, 0.15) is 5.75 Å². The van der Waals surface area contributed by atoms with Crippen molar-refractivity contribution in [1.29, 1.82) is 0 Å². The van der Waals surface area contributed by atoms with E-state index in [2.05, 4.69) is 5.32 Å². The number of benzene rings is 1. The fraction of sp³-hybridized carbons (Fsp3) is 0.412. The van der Waals surface area contributed by atoms with Gasteiger partial charge in [-0.05, 0) is 37.3 Å². The number of carbonyl (C=O) groups excluding carboxylic acids is 2. The summed E-state index contributed by atoms with van der Waals surface area (Å²) in [6.45, 7) is 2.36. The van der Waals surface area contributed by atoms with Crippen molar-refractivity contribution < 1.29 is 19.4 Å². The van der Waals surface area contributed by atoms with E-state index in [-0.39, 0.29) is 17.7 Å². The van der Waals surface area contributed by atoms with Crippen molar-refractivity contribution in [3.8, 4) is 5.75 Å². The summed E-state index contributed by atoms with van der Waals surface area (Å²) in [7, 11) is 0. The second-order valence-electron chi connectivity index (χ2n) is 5.74. The Kier molecular flexibility index (Phi) is 3.88. The second-order valence-corrected chi connectivity index (χ2v) is 5.74. The number of carbonyl (C=O) groups is 2. The molecule has 4 atom stereocenters. The molecule has 0 radical (unpaired) electrons. The number of hydrogen-bond donors (Lipinski definition) is 1. The number of hydrogen-bond acceptors (Lipinski definition) is 4. The Morgan fingerprint density at radius 3 is 2.59 bits per heavy atom. The predicted molar refractivity (Wildman–Crippen MR) is 79.0 cm³/mol. The zero-order valence-corrected chi connectivity index (χ0v) is 12.3. The highest BCUT2D eigenvalue weighted by Crippen LogP contribution is 2.48. The van der Waals surface area contributed by atoms with E-state index in [0.29, 0.717) is 24.5 Å². The van der Waals surface area contributed by atoms with Gasteiger partial charge in [0.05, 0.1) is 18.2 Å². The number of carboxylic acid groups (broad SMARTS) is 1. The van der Waals surface area contributed by atoms with E-state index in [1.165, 1.54) is 0 Å². The van der Waals surface area contributed by atoms with Crippen molar-refractivity contribution >= 4 is 17.6 Å². The van der Waals surface area contributed by atoms with Crippen LogP contribution >= 0.6 is 0 Å². The molecule has 0 spiro atoms. The standard InChI is InChI=1S/C17H19NO4/c1-2-22-13-6-4-3-5-12(13)18-16(19)14-10-7-8-11(9-10)15(14)17(20)21/h3-8,10-11,14-15H,2,9H2,1H3,(H,18,19)(H,20,21)/p-1/t10-,11+,14+,15+/m1/s1. The minimum absolute atomic E-state index is 0.0212. The number of rotatable bonds is 5. The van der Waals surface area contributed by atoms with Crippen LogP contribution in [-0.4, -0.2) is 18.5 Å². The van der Waals surface area contributed by atoms with Crippen LogP contribution in [0.4, 0.5) is 5.69 Å². The first-order valence-corrected chi connectivity index (χ1v) is 7.53. The van der Waals surface area contributed by atoms with E-state index in [4.69, 9.17) is 4.74 Å². The summed E-state index contributed by atoms with van der Waals surface area (Å²) in [6, 6.07) is 7.15. The van der Waals surface area contributed by atoms with Gasteiger partial charge in [0.2, 0.25) is 5.91 Å². The number of ether oxygens (including phenoxy) is 1. The van der Waals surface area contributed by atoms with Crippen LogP contribution in [0.25, 0.3) is 0 Å². The Balaban J connectivity index is 1.80. The summed E-state index contributed by atoms with van der Waals surface area (Å²) >= 11 is 0.